The maximum atomic E-state index is 3.68. The van der Waals surface area contributed by atoms with E-state index in [-0.39, 0.29) is 0 Å². The van der Waals surface area contributed by atoms with Gasteiger partial charge in [0, 0.05) is 19.1 Å². The van der Waals surface area contributed by atoms with Crippen molar-refractivity contribution in [1.82, 2.24) is 10.2 Å². The number of hydrogen-bond acceptors (Lipinski definition) is 2. The second-order valence-corrected chi connectivity index (χ2v) is 7.40. The topological polar surface area (TPSA) is 15.3 Å². The first-order valence-corrected chi connectivity index (χ1v) is 8.78. The molecular formula is C17H32N2. The number of fused-ring (bicyclic) bond motifs is 1. The van der Waals surface area contributed by atoms with Crippen LogP contribution in [0.1, 0.15) is 64.7 Å². The van der Waals surface area contributed by atoms with Gasteiger partial charge in [0.25, 0.3) is 0 Å². The lowest BCUT2D eigenvalue weighted by molar-refractivity contribution is 0.0407. The molecule has 0 aromatic heterocycles. The van der Waals surface area contributed by atoms with Crippen LogP contribution in [-0.2, 0) is 0 Å². The van der Waals surface area contributed by atoms with E-state index < -0.39 is 0 Å². The third kappa shape index (κ3) is 3.00. The Hall–Kier alpha value is -0.0800. The summed E-state index contributed by atoms with van der Waals surface area (Å²) in [6.45, 7) is 7.65. The molecule has 3 unspecified atom stereocenters. The molecule has 1 saturated carbocycles. The first-order valence-electron chi connectivity index (χ1n) is 8.78. The lowest BCUT2D eigenvalue weighted by Crippen LogP contribution is -2.52. The van der Waals surface area contributed by atoms with Crippen LogP contribution in [0, 0.1) is 11.3 Å². The average molecular weight is 264 g/mol. The van der Waals surface area contributed by atoms with Crippen molar-refractivity contribution in [1.29, 1.82) is 0 Å². The van der Waals surface area contributed by atoms with E-state index in [9.17, 15) is 0 Å². The van der Waals surface area contributed by atoms with Gasteiger partial charge in [0.15, 0.2) is 0 Å². The van der Waals surface area contributed by atoms with Crippen LogP contribution in [0.5, 0.6) is 0 Å². The third-order valence-electron chi connectivity index (χ3n) is 5.99. The largest absolute Gasteiger partial charge is 0.316 e. The van der Waals surface area contributed by atoms with Crippen molar-refractivity contribution >= 4 is 0 Å². The quantitative estimate of drug-likeness (QED) is 0.837. The number of likely N-dealkylation sites (tertiary alicyclic amines) is 1. The number of rotatable bonds is 4. The van der Waals surface area contributed by atoms with Crippen LogP contribution >= 0.6 is 0 Å². The number of piperidine rings is 2. The van der Waals surface area contributed by atoms with Crippen molar-refractivity contribution in [2.24, 2.45) is 11.3 Å². The van der Waals surface area contributed by atoms with Crippen LogP contribution in [0.25, 0.3) is 0 Å². The molecule has 0 aromatic carbocycles. The lowest BCUT2D eigenvalue weighted by Gasteiger charge is -2.46. The maximum Gasteiger partial charge on any atom is 0.0124 e. The zero-order valence-electron chi connectivity index (χ0n) is 12.8. The molecule has 0 aromatic rings. The molecule has 1 N–H and O–H groups in total. The van der Waals surface area contributed by atoms with E-state index in [0.717, 1.165) is 12.0 Å². The average Bonchev–Trinajstić information content (AvgIpc) is 2.89. The van der Waals surface area contributed by atoms with Gasteiger partial charge < -0.3 is 5.32 Å². The van der Waals surface area contributed by atoms with Gasteiger partial charge in [-0.15, -0.1) is 0 Å². The molecule has 19 heavy (non-hydrogen) atoms. The van der Waals surface area contributed by atoms with Gasteiger partial charge in [-0.25, -0.2) is 0 Å². The first kappa shape index (κ1) is 13.9. The Morgan fingerprint density at radius 3 is 2.84 bits per heavy atom. The molecule has 3 rings (SSSR count). The van der Waals surface area contributed by atoms with Crippen LogP contribution < -0.4 is 5.32 Å². The van der Waals surface area contributed by atoms with Crippen molar-refractivity contribution in [2.45, 2.75) is 70.8 Å². The molecule has 0 amide bonds. The summed E-state index contributed by atoms with van der Waals surface area (Å²) in [5.41, 5.74) is 0.595. The second-order valence-electron chi connectivity index (χ2n) is 7.40. The third-order valence-corrected chi connectivity index (χ3v) is 5.99. The van der Waals surface area contributed by atoms with Crippen LogP contribution in [0.3, 0.4) is 0 Å². The molecule has 0 radical (unpaired) electrons. The minimum atomic E-state index is 0.595. The zero-order chi connectivity index (χ0) is 13.1. The Kier molecular flexibility index (Phi) is 4.48. The zero-order valence-corrected chi connectivity index (χ0v) is 12.8. The molecule has 0 bridgehead atoms. The van der Waals surface area contributed by atoms with Gasteiger partial charge >= 0.3 is 0 Å². The number of nitrogens with one attached hydrogen (secondary N) is 1. The molecule has 2 nitrogen and oxygen atoms in total. The van der Waals surface area contributed by atoms with Crippen LogP contribution in [0.15, 0.2) is 0 Å². The summed E-state index contributed by atoms with van der Waals surface area (Å²) < 4.78 is 0. The normalized spacial score (nSPS) is 40.3. The van der Waals surface area contributed by atoms with Crippen molar-refractivity contribution in [3.63, 3.8) is 0 Å². The van der Waals surface area contributed by atoms with Gasteiger partial charge in [0.1, 0.15) is 0 Å². The fourth-order valence-electron chi connectivity index (χ4n) is 5.17. The summed E-state index contributed by atoms with van der Waals surface area (Å²) >= 11 is 0. The van der Waals surface area contributed by atoms with E-state index in [4.69, 9.17) is 0 Å². The van der Waals surface area contributed by atoms with Crippen molar-refractivity contribution in [3.05, 3.63) is 0 Å². The van der Waals surface area contributed by atoms with Gasteiger partial charge in [0.05, 0.1) is 0 Å². The molecule has 2 heteroatoms. The molecule has 110 valence electrons. The van der Waals surface area contributed by atoms with Crippen molar-refractivity contribution in [3.8, 4) is 0 Å². The molecule has 0 spiro atoms. The molecule has 3 fully saturated rings. The summed E-state index contributed by atoms with van der Waals surface area (Å²) in [6, 6.07) is 0.949. The number of hydrogen-bond donors (Lipinski definition) is 1. The van der Waals surface area contributed by atoms with Gasteiger partial charge in [-0.05, 0) is 69.4 Å². The molecule has 1 aliphatic carbocycles. The van der Waals surface area contributed by atoms with E-state index in [1.807, 2.05) is 0 Å². The predicted octanol–water partition coefficient (Wildman–Crippen LogP) is 3.42. The highest BCUT2D eigenvalue weighted by Crippen LogP contribution is 2.40. The van der Waals surface area contributed by atoms with Gasteiger partial charge in [-0.1, -0.05) is 19.8 Å². The fraction of sp³-hybridized carbons (Fsp3) is 1.00. The van der Waals surface area contributed by atoms with E-state index >= 15 is 0 Å². The Bertz CT molecular complexity index is 277. The highest BCUT2D eigenvalue weighted by molar-refractivity contribution is 4.94. The Morgan fingerprint density at radius 2 is 2.05 bits per heavy atom. The van der Waals surface area contributed by atoms with Crippen molar-refractivity contribution in [2.75, 3.05) is 26.2 Å². The standard InChI is InChI=1S/C17H32N2/c1-2-9-17(10-5-11-18-13-17)14-19-12-4-7-15-6-3-8-16(15)19/h15-16,18H,2-14H2,1H3. The lowest BCUT2D eigenvalue weighted by atomic mass is 9.75. The maximum absolute atomic E-state index is 3.68. The second kappa shape index (κ2) is 6.13. The predicted molar refractivity (Wildman–Crippen MR) is 81.4 cm³/mol. The molecule has 2 aliphatic heterocycles. The Labute approximate surface area is 119 Å². The highest BCUT2D eigenvalue weighted by Gasteiger charge is 2.40. The summed E-state index contributed by atoms with van der Waals surface area (Å²) in [4.78, 5) is 2.91. The summed E-state index contributed by atoms with van der Waals surface area (Å²) in [7, 11) is 0. The Balaban J connectivity index is 1.66. The smallest absolute Gasteiger partial charge is 0.0124 e. The van der Waals surface area contributed by atoms with Gasteiger partial charge in [-0.3, -0.25) is 4.90 Å². The summed E-state index contributed by atoms with van der Waals surface area (Å²) in [5, 5.41) is 3.68. The minimum absolute atomic E-state index is 0.595. The molecular weight excluding hydrogens is 232 g/mol. The van der Waals surface area contributed by atoms with Gasteiger partial charge in [-0.2, -0.15) is 0 Å². The van der Waals surface area contributed by atoms with E-state index in [0.29, 0.717) is 5.41 Å². The van der Waals surface area contributed by atoms with E-state index in [1.165, 1.54) is 84.0 Å². The first-order chi connectivity index (χ1) is 9.33. The van der Waals surface area contributed by atoms with E-state index in [1.54, 1.807) is 0 Å². The highest BCUT2D eigenvalue weighted by atomic mass is 15.2. The SMILES string of the molecule is CCCC1(CN2CCCC3CCCC32)CCCNC1. The van der Waals surface area contributed by atoms with Crippen LogP contribution in [0.2, 0.25) is 0 Å². The fourth-order valence-corrected chi connectivity index (χ4v) is 5.17. The molecule has 2 heterocycles. The van der Waals surface area contributed by atoms with Crippen molar-refractivity contribution < 1.29 is 0 Å². The molecule has 2 saturated heterocycles. The van der Waals surface area contributed by atoms with Crippen LogP contribution in [0.4, 0.5) is 0 Å². The molecule has 3 aliphatic rings. The summed E-state index contributed by atoms with van der Waals surface area (Å²) in [6.07, 6.45) is 13.1. The van der Waals surface area contributed by atoms with Crippen LogP contribution in [-0.4, -0.2) is 37.1 Å². The Morgan fingerprint density at radius 1 is 1.16 bits per heavy atom. The van der Waals surface area contributed by atoms with Gasteiger partial charge in [0.2, 0.25) is 0 Å². The minimum Gasteiger partial charge on any atom is -0.316 e. The summed E-state index contributed by atoms with van der Waals surface area (Å²) in [5.74, 6) is 1.05. The monoisotopic (exact) mass is 264 g/mol. The van der Waals surface area contributed by atoms with E-state index in [2.05, 4.69) is 17.1 Å². The number of nitrogens with zero attached hydrogens (tertiary/aromatic N) is 1. The molecule has 3 atom stereocenters.